The van der Waals surface area contributed by atoms with Gasteiger partial charge in [0.15, 0.2) is 0 Å². The van der Waals surface area contributed by atoms with E-state index in [1.807, 2.05) is 60.7 Å². The second kappa shape index (κ2) is 8.72. The maximum Gasteiger partial charge on any atom is 0.232 e. The Balaban J connectivity index is 1.57. The molecule has 1 N–H and O–H groups in total. The summed E-state index contributed by atoms with van der Waals surface area (Å²) in [5, 5.41) is 5.41. The summed E-state index contributed by atoms with van der Waals surface area (Å²) in [5.41, 5.74) is 2.01. The van der Waals surface area contributed by atoms with Gasteiger partial charge in [-0.25, -0.2) is 0 Å². The van der Waals surface area contributed by atoms with E-state index >= 15 is 0 Å². The third kappa shape index (κ3) is 4.03. The molecule has 0 aliphatic carbocycles. The van der Waals surface area contributed by atoms with Crippen molar-refractivity contribution in [3.8, 4) is 0 Å². The molecule has 1 fully saturated rings. The molecule has 1 aliphatic rings. The van der Waals surface area contributed by atoms with Crippen LogP contribution in [0.25, 0.3) is 0 Å². The Morgan fingerprint density at radius 1 is 0.929 bits per heavy atom. The van der Waals surface area contributed by atoms with Gasteiger partial charge in [-0.1, -0.05) is 66.7 Å². The highest BCUT2D eigenvalue weighted by Gasteiger charge is 2.36. The number of rotatable bonds is 6. The minimum Gasteiger partial charge on any atom is -0.381 e. The number of nitrogens with one attached hydrogen (secondary N) is 1. The van der Waals surface area contributed by atoms with E-state index in [1.54, 1.807) is 11.3 Å². The van der Waals surface area contributed by atoms with E-state index in [2.05, 4.69) is 22.8 Å². The number of ether oxygens (including phenoxy) is 1. The quantitative estimate of drug-likeness (QED) is 0.659. The SMILES string of the molecule is O=C(NCC1(c2cccs2)CCOCC1)C(c1ccccc1)c1ccccc1. The van der Waals surface area contributed by atoms with Crippen molar-refractivity contribution in [3.63, 3.8) is 0 Å². The normalized spacial score (nSPS) is 16.0. The van der Waals surface area contributed by atoms with Crippen LogP contribution in [-0.2, 0) is 14.9 Å². The van der Waals surface area contributed by atoms with E-state index in [9.17, 15) is 4.79 Å². The van der Waals surface area contributed by atoms with Gasteiger partial charge < -0.3 is 10.1 Å². The molecule has 1 saturated heterocycles. The van der Waals surface area contributed by atoms with E-state index < -0.39 is 0 Å². The van der Waals surface area contributed by atoms with Crippen molar-refractivity contribution in [3.05, 3.63) is 94.2 Å². The third-order valence-corrected chi connectivity index (χ3v) is 6.74. The van der Waals surface area contributed by atoms with Crippen LogP contribution in [0.15, 0.2) is 78.2 Å². The first-order chi connectivity index (χ1) is 13.8. The second-order valence-electron chi connectivity index (χ2n) is 7.34. The topological polar surface area (TPSA) is 38.3 Å². The molecule has 1 aliphatic heterocycles. The summed E-state index contributed by atoms with van der Waals surface area (Å²) in [5.74, 6) is -0.248. The molecule has 3 aromatic rings. The summed E-state index contributed by atoms with van der Waals surface area (Å²) in [6.45, 7) is 2.13. The highest BCUT2D eigenvalue weighted by molar-refractivity contribution is 7.10. The molecular weight excluding hydrogens is 366 g/mol. The largest absolute Gasteiger partial charge is 0.381 e. The zero-order valence-corrected chi connectivity index (χ0v) is 16.7. The number of amides is 1. The van der Waals surface area contributed by atoms with Crippen molar-refractivity contribution >= 4 is 17.2 Å². The lowest BCUT2D eigenvalue weighted by atomic mass is 9.78. The standard InChI is InChI=1S/C24H25NO2S/c26-23(22(19-8-3-1-4-9-19)20-10-5-2-6-11-20)25-18-24(13-15-27-16-14-24)21-12-7-17-28-21/h1-12,17,22H,13-16,18H2,(H,25,26). The molecule has 28 heavy (non-hydrogen) atoms. The predicted octanol–water partition coefficient (Wildman–Crippen LogP) is 4.74. The summed E-state index contributed by atoms with van der Waals surface area (Å²) < 4.78 is 5.61. The molecule has 0 spiro atoms. The van der Waals surface area contributed by atoms with Gasteiger partial charge in [-0.3, -0.25) is 4.79 Å². The Kier molecular flexibility index (Phi) is 5.89. The van der Waals surface area contributed by atoms with Crippen LogP contribution in [0.2, 0.25) is 0 Å². The van der Waals surface area contributed by atoms with Gasteiger partial charge in [-0.2, -0.15) is 0 Å². The molecule has 2 heterocycles. The van der Waals surface area contributed by atoms with E-state index in [0.717, 1.165) is 37.2 Å². The average molecular weight is 392 g/mol. The van der Waals surface area contributed by atoms with E-state index in [-0.39, 0.29) is 17.2 Å². The first kappa shape index (κ1) is 18.9. The molecule has 0 unspecified atom stereocenters. The van der Waals surface area contributed by atoms with Gasteiger partial charge in [-0.05, 0) is 35.4 Å². The summed E-state index contributed by atoms with van der Waals surface area (Å²) in [6, 6.07) is 24.3. The monoisotopic (exact) mass is 391 g/mol. The van der Waals surface area contributed by atoms with Gasteiger partial charge in [0.1, 0.15) is 0 Å². The van der Waals surface area contributed by atoms with Gasteiger partial charge in [0, 0.05) is 30.1 Å². The maximum absolute atomic E-state index is 13.4. The van der Waals surface area contributed by atoms with Crippen LogP contribution in [0.5, 0.6) is 0 Å². The number of hydrogen-bond donors (Lipinski definition) is 1. The van der Waals surface area contributed by atoms with Crippen LogP contribution >= 0.6 is 11.3 Å². The van der Waals surface area contributed by atoms with Crippen molar-refractivity contribution in [1.29, 1.82) is 0 Å². The maximum atomic E-state index is 13.4. The number of benzene rings is 2. The molecule has 1 amide bonds. The molecule has 0 radical (unpaired) electrons. The van der Waals surface area contributed by atoms with Crippen LogP contribution in [0.3, 0.4) is 0 Å². The van der Waals surface area contributed by atoms with Crippen molar-refractivity contribution in [2.75, 3.05) is 19.8 Å². The van der Waals surface area contributed by atoms with Gasteiger partial charge in [0.2, 0.25) is 5.91 Å². The van der Waals surface area contributed by atoms with Gasteiger partial charge >= 0.3 is 0 Å². The third-order valence-electron chi connectivity index (χ3n) is 5.62. The lowest BCUT2D eigenvalue weighted by Gasteiger charge is -2.37. The molecule has 0 saturated carbocycles. The minimum absolute atomic E-state index is 0.0278. The first-order valence-corrected chi connectivity index (χ1v) is 10.7. The first-order valence-electron chi connectivity index (χ1n) is 9.78. The summed E-state index contributed by atoms with van der Waals surface area (Å²) >= 11 is 1.77. The number of hydrogen-bond acceptors (Lipinski definition) is 3. The molecule has 4 rings (SSSR count). The predicted molar refractivity (Wildman–Crippen MR) is 114 cm³/mol. The number of carbonyl (C=O) groups excluding carboxylic acids is 1. The Labute approximate surface area is 170 Å². The molecule has 3 nitrogen and oxygen atoms in total. The Bertz CT molecular complexity index is 832. The number of carbonyl (C=O) groups is 1. The molecule has 0 bridgehead atoms. The Hall–Kier alpha value is -2.43. The zero-order valence-electron chi connectivity index (χ0n) is 15.8. The van der Waals surface area contributed by atoms with Crippen molar-refractivity contribution in [2.24, 2.45) is 0 Å². The lowest BCUT2D eigenvalue weighted by Crippen LogP contribution is -2.45. The van der Waals surface area contributed by atoms with Crippen molar-refractivity contribution in [2.45, 2.75) is 24.2 Å². The Morgan fingerprint density at radius 2 is 1.54 bits per heavy atom. The van der Waals surface area contributed by atoms with Crippen molar-refractivity contribution in [1.82, 2.24) is 5.32 Å². The lowest BCUT2D eigenvalue weighted by molar-refractivity contribution is -0.122. The smallest absolute Gasteiger partial charge is 0.232 e. The summed E-state index contributed by atoms with van der Waals surface area (Å²) in [4.78, 5) is 14.7. The van der Waals surface area contributed by atoms with Crippen LogP contribution < -0.4 is 5.32 Å². The average Bonchev–Trinajstić information content (AvgIpc) is 3.31. The minimum atomic E-state index is -0.303. The summed E-state index contributed by atoms with van der Waals surface area (Å²) in [6.07, 6.45) is 1.88. The molecule has 144 valence electrons. The second-order valence-corrected chi connectivity index (χ2v) is 8.29. The Morgan fingerprint density at radius 3 is 2.07 bits per heavy atom. The van der Waals surface area contributed by atoms with Crippen LogP contribution in [-0.4, -0.2) is 25.7 Å². The fourth-order valence-electron chi connectivity index (χ4n) is 4.00. The highest BCUT2D eigenvalue weighted by atomic mass is 32.1. The fourth-order valence-corrected chi connectivity index (χ4v) is 4.98. The molecule has 0 atom stereocenters. The molecular formula is C24H25NO2S. The summed E-state index contributed by atoms with van der Waals surface area (Å²) in [7, 11) is 0. The number of thiophene rings is 1. The van der Waals surface area contributed by atoms with Crippen LogP contribution in [0.1, 0.15) is 34.8 Å². The van der Waals surface area contributed by atoms with Gasteiger partial charge in [-0.15, -0.1) is 11.3 Å². The molecule has 2 aromatic carbocycles. The highest BCUT2D eigenvalue weighted by Crippen LogP contribution is 2.37. The fraction of sp³-hybridized carbons (Fsp3) is 0.292. The van der Waals surface area contributed by atoms with E-state index in [1.165, 1.54) is 4.88 Å². The van der Waals surface area contributed by atoms with Crippen LogP contribution in [0, 0.1) is 0 Å². The van der Waals surface area contributed by atoms with Crippen LogP contribution in [0.4, 0.5) is 0 Å². The van der Waals surface area contributed by atoms with Gasteiger partial charge in [0.05, 0.1) is 5.92 Å². The molecule has 4 heteroatoms. The van der Waals surface area contributed by atoms with Gasteiger partial charge in [0.25, 0.3) is 0 Å². The zero-order chi connectivity index (χ0) is 19.2. The molecule has 1 aromatic heterocycles. The van der Waals surface area contributed by atoms with E-state index in [0.29, 0.717) is 6.54 Å². The van der Waals surface area contributed by atoms with E-state index in [4.69, 9.17) is 4.74 Å². The van der Waals surface area contributed by atoms with Crippen molar-refractivity contribution < 1.29 is 9.53 Å².